The summed E-state index contributed by atoms with van der Waals surface area (Å²) >= 11 is 0. The number of ether oxygens (including phenoxy) is 1. The molecule has 0 aliphatic heterocycles. The average Bonchev–Trinajstić information content (AvgIpc) is 3.41. The first kappa shape index (κ1) is 28.3. The number of nitrogens with one attached hydrogen (secondary N) is 2. The molecule has 4 rings (SSSR count). The van der Waals surface area contributed by atoms with Gasteiger partial charge in [-0.25, -0.2) is 13.8 Å². The molecule has 0 spiro atoms. The van der Waals surface area contributed by atoms with Gasteiger partial charge in [-0.3, -0.25) is 9.59 Å². The van der Waals surface area contributed by atoms with Gasteiger partial charge in [0, 0.05) is 12.2 Å². The number of furan rings is 1. The van der Waals surface area contributed by atoms with Crippen molar-refractivity contribution in [1.29, 1.82) is 0 Å². The van der Waals surface area contributed by atoms with Gasteiger partial charge in [-0.15, -0.1) is 0 Å². The number of nitrogens with zero attached hydrogens (tertiary/aromatic N) is 2. The Bertz CT molecular complexity index is 1580. The van der Waals surface area contributed by atoms with Gasteiger partial charge in [0.15, 0.2) is 0 Å². The lowest BCUT2D eigenvalue weighted by atomic mass is 10.2. The summed E-state index contributed by atoms with van der Waals surface area (Å²) in [5.41, 5.74) is 4.33. The van der Waals surface area contributed by atoms with Crippen LogP contribution in [0, 0.1) is 6.92 Å². The molecule has 0 saturated heterocycles. The van der Waals surface area contributed by atoms with Gasteiger partial charge in [-0.2, -0.15) is 9.41 Å². The van der Waals surface area contributed by atoms with Gasteiger partial charge in [0.25, 0.3) is 0 Å². The van der Waals surface area contributed by atoms with Gasteiger partial charge >= 0.3 is 11.8 Å². The number of rotatable bonds is 10. The zero-order chi connectivity index (χ0) is 28.5. The minimum atomic E-state index is -3.84. The molecule has 0 aliphatic rings. The number of carbonyl (C=O) groups excluding carboxylic acids is 2. The molecule has 10 nitrogen and oxygen atoms in total. The Kier molecular flexibility index (Phi) is 9.10. The minimum absolute atomic E-state index is 0.0322. The quantitative estimate of drug-likeness (QED) is 0.171. The van der Waals surface area contributed by atoms with Crippen LogP contribution < -0.4 is 15.5 Å². The van der Waals surface area contributed by atoms with Crippen LogP contribution >= 0.6 is 0 Å². The van der Waals surface area contributed by atoms with Crippen LogP contribution in [0.4, 0.5) is 5.69 Å². The summed E-state index contributed by atoms with van der Waals surface area (Å²) in [6.07, 6.45) is 1.22. The van der Waals surface area contributed by atoms with Crippen molar-refractivity contribution in [2.75, 3.05) is 12.4 Å². The van der Waals surface area contributed by atoms with E-state index in [1.165, 1.54) is 17.6 Å². The monoisotopic (exact) mass is 560 g/mol. The maximum Gasteiger partial charge on any atom is 0.329 e. The van der Waals surface area contributed by atoms with Crippen molar-refractivity contribution in [3.63, 3.8) is 0 Å². The number of anilines is 1. The Balaban J connectivity index is 1.41. The molecule has 4 aromatic rings. The normalized spacial score (nSPS) is 11.5. The minimum Gasteiger partial charge on any atom is -0.497 e. The molecule has 2 amide bonds. The number of amides is 2. The number of carbonyl (C=O) groups is 2. The molecule has 0 unspecified atom stereocenters. The third-order valence-corrected chi connectivity index (χ3v) is 7.59. The second kappa shape index (κ2) is 12.9. The van der Waals surface area contributed by atoms with E-state index in [9.17, 15) is 18.0 Å². The zero-order valence-electron chi connectivity index (χ0n) is 21.9. The smallest absolute Gasteiger partial charge is 0.329 e. The first-order valence-electron chi connectivity index (χ1n) is 12.2. The molecule has 0 atom stereocenters. The van der Waals surface area contributed by atoms with Crippen LogP contribution in [0.25, 0.3) is 0 Å². The second-order valence-corrected chi connectivity index (χ2v) is 10.7. The fourth-order valence-corrected chi connectivity index (χ4v) is 5.06. The molecule has 11 heteroatoms. The van der Waals surface area contributed by atoms with Crippen LogP contribution in [0.3, 0.4) is 0 Å². The third kappa shape index (κ3) is 7.43. The second-order valence-electron chi connectivity index (χ2n) is 8.76. The number of hydrogen-bond donors (Lipinski definition) is 2. The van der Waals surface area contributed by atoms with Gasteiger partial charge < -0.3 is 14.5 Å². The molecule has 206 valence electrons. The molecule has 0 radical (unpaired) electrons. The van der Waals surface area contributed by atoms with Crippen LogP contribution in [0.5, 0.6) is 5.75 Å². The number of methoxy groups -OCH3 is 1. The van der Waals surface area contributed by atoms with E-state index in [0.717, 1.165) is 11.1 Å². The summed E-state index contributed by atoms with van der Waals surface area (Å²) in [6.45, 7) is 2.00. The van der Waals surface area contributed by atoms with E-state index >= 15 is 0 Å². The van der Waals surface area contributed by atoms with Gasteiger partial charge in [0.1, 0.15) is 17.3 Å². The highest BCUT2D eigenvalue weighted by Crippen LogP contribution is 2.22. The van der Waals surface area contributed by atoms with Crippen molar-refractivity contribution < 1.29 is 27.2 Å². The average molecular weight is 561 g/mol. The predicted octanol–water partition coefficient (Wildman–Crippen LogP) is 4.08. The van der Waals surface area contributed by atoms with E-state index in [1.54, 1.807) is 60.7 Å². The predicted molar refractivity (Wildman–Crippen MR) is 150 cm³/mol. The molecule has 1 heterocycles. The number of aryl methyl sites for hydroxylation is 1. The summed E-state index contributed by atoms with van der Waals surface area (Å²) in [5.74, 6) is -0.631. The van der Waals surface area contributed by atoms with E-state index in [0.29, 0.717) is 17.2 Å². The van der Waals surface area contributed by atoms with E-state index in [2.05, 4.69) is 15.8 Å². The Morgan fingerprint density at radius 1 is 0.900 bits per heavy atom. The van der Waals surface area contributed by atoms with Gasteiger partial charge in [-0.1, -0.05) is 48.0 Å². The SMILES string of the molecule is COc1ccc(NC(=O)C(=O)N/N=C/c2ccc(CN(Cc3ccccc3)S(=O)(=O)c3ccc(C)cc3)o2)cc1. The summed E-state index contributed by atoms with van der Waals surface area (Å²) in [5, 5.41) is 6.22. The summed E-state index contributed by atoms with van der Waals surface area (Å²) in [6, 6.07) is 25.6. The number of hydrogen-bond acceptors (Lipinski definition) is 7. The Morgan fingerprint density at radius 3 is 2.27 bits per heavy atom. The van der Waals surface area contributed by atoms with Crippen molar-refractivity contribution in [2.45, 2.75) is 24.9 Å². The Morgan fingerprint density at radius 2 is 1.60 bits per heavy atom. The molecule has 1 aromatic heterocycles. The number of benzene rings is 3. The van der Waals surface area contributed by atoms with Crippen molar-refractivity contribution >= 4 is 33.7 Å². The standard InChI is InChI=1S/C29H28N4O6S/c1-21-8-16-27(17-9-21)40(36,37)33(19-22-6-4-3-5-7-22)20-26-15-14-25(39-26)18-30-32-29(35)28(34)31-23-10-12-24(38-2)13-11-23/h3-18H,19-20H2,1-2H3,(H,31,34)(H,32,35)/b30-18+. The van der Waals surface area contributed by atoms with Crippen LogP contribution in [0.1, 0.15) is 22.6 Å². The van der Waals surface area contributed by atoms with Crippen molar-refractivity contribution in [3.8, 4) is 5.75 Å². The summed E-state index contributed by atoms with van der Waals surface area (Å²) in [4.78, 5) is 24.4. The largest absolute Gasteiger partial charge is 0.497 e. The van der Waals surface area contributed by atoms with E-state index in [1.807, 2.05) is 37.3 Å². The van der Waals surface area contributed by atoms with Crippen LogP contribution in [-0.2, 0) is 32.7 Å². The fraction of sp³-hybridized carbons (Fsp3) is 0.138. The lowest BCUT2D eigenvalue weighted by Crippen LogP contribution is -2.32. The van der Waals surface area contributed by atoms with Gasteiger partial charge in [0.05, 0.1) is 24.8 Å². The molecule has 40 heavy (non-hydrogen) atoms. The topological polar surface area (TPSA) is 130 Å². The lowest BCUT2D eigenvalue weighted by molar-refractivity contribution is -0.136. The highest BCUT2D eigenvalue weighted by molar-refractivity contribution is 7.89. The van der Waals surface area contributed by atoms with Crippen molar-refractivity contribution in [3.05, 3.63) is 114 Å². The molecule has 0 bridgehead atoms. The maximum atomic E-state index is 13.5. The highest BCUT2D eigenvalue weighted by atomic mass is 32.2. The molecule has 0 fully saturated rings. The molecular formula is C29H28N4O6S. The van der Waals surface area contributed by atoms with Crippen LogP contribution in [-0.4, -0.2) is 37.9 Å². The maximum absolute atomic E-state index is 13.5. The third-order valence-electron chi connectivity index (χ3n) is 5.79. The first-order chi connectivity index (χ1) is 19.2. The van der Waals surface area contributed by atoms with E-state index in [4.69, 9.17) is 9.15 Å². The van der Waals surface area contributed by atoms with E-state index in [-0.39, 0.29) is 23.7 Å². The number of hydrazone groups is 1. The molecule has 2 N–H and O–H groups in total. The first-order valence-corrected chi connectivity index (χ1v) is 13.7. The molecule has 3 aromatic carbocycles. The molecular weight excluding hydrogens is 532 g/mol. The van der Waals surface area contributed by atoms with Gasteiger partial charge in [0.2, 0.25) is 10.0 Å². The van der Waals surface area contributed by atoms with Gasteiger partial charge in [-0.05, 0) is 61.0 Å². The summed E-state index contributed by atoms with van der Waals surface area (Å²) in [7, 11) is -2.32. The van der Waals surface area contributed by atoms with E-state index < -0.39 is 21.8 Å². The van der Waals surface area contributed by atoms with Crippen molar-refractivity contribution in [2.24, 2.45) is 5.10 Å². The van der Waals surface area contributed by atoms with Crippen LogP contribution in [0.2, 0.25) is 0 Å². The van der Waals surface area contributed by atoms with Crippen molar-refractivity contribution in [1.82, 2.24) is 9.73 Å². The lowest BCUT2D eigenvalue weighted by Gasteiger charge is -2.21. The highest BCUT2D eigenvalue weighted by Gasteiger charge is 2.26. The van der Waals surface area contributed by atoms with Crippen LogP contribution in [0.15, 0.2) is 105 Å². The number of sulfonamides is 1. The molecule has 0 saturated carbocycles. The Labute approximate surface area is 232 Å². The Hall–Kier alpha value is -4.74. The molecule has 0 aliphatic carbocycles. The fourth-order valence-electron chi connectivity index (χ4n) is 3.66. The zero-order valence-corrected chi connectivity index (χ0v) is 22.7. The summed E-state index contributed by atoms with van der Waals surface area (Å²) < 4.78 is 39.1.